The van der Waals surface area contributed by atoms with Crippen LogP contribution in [-0.4, -0.2) is 49.2 Å². The molecule has 3 N–H and O–H groups in total. The summed E-state index contributed by atoms with van der Waals surface area (Å²) in [6.45, 7) is 2.08. The molecule has 0 unspecified atom stereocenters. The van der Waals surface area contributed by atoms with E-state index in [-0.39, 0.29) is 12.2 Å². The molecule has 4 amide bonds. The number of carbonyl (C=O) groups is 3. The van der Waals surface area contributed by atoms with Crippen LogP contribution in [0.3, 0.4) is 0 Å². The topological polar surface area (TPSA) is 136 Å². The van der Waals surface area contributed by atoms with Gasteiger partial charge in [-0.2, -0.15) is 15.0 Å². The highest BCUT2D eigenvalue weighted by atomic mass is 19.1. The number of aryl methyl sites for hydroxylation is 1. The SMILES string of the molecule is CCn1nccc1[C@@]1(CNC(=O)c2cnn(-c3ccc(F)cc3)n2)NC(=O)NC1=O. The first kappa shape index (κ1) is 19.2. The van der Waals surface area contributed by atoms with E-state index in [4.69, 9.17) is 0 Å². The Labute approximate surface area is 169 Å². The molecule has 4 rings (SSSR count). The number of benzene rings is 1. The van der Waals surface area contributed by atoms with Crippen molar-refractivity contribution in [3.05, 3.63) is 59.9 Å². The van der Waals surface area contributed by atoms with Gasteiger partial charge in [0.15, 0.2) is 11.2 Å². The van der Waals surface area contributed by atoms with Gasteiger partial charge in [-0.15, -0.1) is 5.10 Å². The van der Waals surface area contributed by atoms with Gasteiger partial charge in [-0.1, -0.05) is 0 Å². The molecule has 3 aromatic rings. The third-order valence-corrected chi connectivity index (χ3v) is 4.69. The molecule has 30 heavy (non-hydrogen) atoms. The highest BCUT2D eigenvalue weighted by Crippen LogP contribution is 2.24. The number of imide groups is 1. The third-order valence-electron chi connectivity index (χ3n) is 4.69. The van der Waals surface area contributed by atoms with E-state index in [0.717, 1.165) is 0 Å². The maximum absolute atomic E-state index is 13.1. The number of hydrogen-bond acceptors (Lipinski definition) is 6. The number of nitrogens with zero attached hydrogens (tertiary/aromatic N) is 5. The average molecular weight is 412 g/mol. The predicted molar refractivity (Wildman–Crippen MR) is 99.9 cm³/mol. The predicted octanol–water partition coefficient (Wildman–Crippen LogP) is 0.0875. The molecule has 11 nitrogen and oxygen atoms in total. The highest BCUT2D eigenvalue weighted by Gasteiger charge is 2.50. The van der Waals surface area contributed by atoms with Crippen molar-refractivity contribution in [2.75, 3.05) is 6.54 Å². The maximum Gasteiger partial charge on any atom is 0.322 e. The van der Waals surface area contributed by atoms with E-state index in [2.05, 4.69) is 31.2 Å². The zero-order valence-electron chi connectivity index (χ0n) is 15.8. The number of aromatic nitrogens is 5. The van der Waals surface area contributed by atoms with Crippen molar-refractivity contribution < 1.29 is 18.8 Å². The minimum absolute atomic E-state index is 0.0109. The largest absolute Gasteiger partial charge is 0.347 e. The van der Waals surface area contributed by atoms with Gasteiger partial charge in [-0.05, 0) is 37.3 Å². The van der Waals surface area contributed by atoms with Crippen LogP contribution in [-0.2, 0) is 16.9 Å². The normalized spacial score (nSPS) is 18.2. The Hall–Kier alpha value is -4.09. The van der Waals surface area contributed by atoms with Gasteiger partial charge >= 0.3 is 6.03 Å². The first-order valence-electron chi connectivity index (χ1n) is 9.05. The molecular formula is C18H17FN8O3. The van der Waals surface area contributed by atoms with Gasteiger partial charge in [-0.3, -0.25) is 19.6 Å². The molecule has 1 aliphatic rings. The molecule has 0 aliphatic carbocycles. The van der Waals surface area contributed by atoms with Crippen molar-refractivity contribution >= 4 is 17.8 Å². The summed E-state index contributed by atoms with van der Waals surface area (Å²) in [6.07, 6.45) is 2.75. The fraction of sp³-hybridized carbons (Fsp3) is 0.222. The Morgan fingerprint density at radius 1 is 1.20 bits per heavy atom. The van der Waals surface area contributed by atoms with Crippen LogP contribution in [0.1, 0.15) is 23.1 Å². The lowest BCUT2D eigenvalue weighted by Crippen LogP contribution is -2.53. The van der Waals surface area contributed by atoms with E-state index in [1.54, 1.807) is 10.7 Å². The van der Waals surface area contributed by atoms with Crippen LogP contribution in [0.2, 0.25) is 0 Å². The van der Waals surface area contributed by atoms with Crippen LogP contribution in [0.15, 0.2) is 42.7 Å². The van der Waals surface area contributed by atoms with E-state index in [9.17, 15) is 18.8 Å². The lowest BCUT2D eigenvalue weighted by molar-refractivity contribution is -0.124. The molecule has 1 aromatic carbocycles. The lowest BCUT2D eigenvalue weighted by atomic mass is 9.95. The highest BCUT2D eigenvalue weighted by molar-refractivity contribution is 6.07. The first-order valence-corrected chi connectivity index (χ1v) is 9.05. The van der Waals surface area contributed by atoms with Crippen LogP contribution in [0.4, 0.5) is 9.18 Å². The fourth-order valence-corrected chi connectivity index (χ4v) is 3.20. The molecule has 154 valence electrons. The molecule has 1 aliphatic heterocycles. The van der Waals surface area contributed by atoms with E-state index < -0.39 is 29.2 Å². The van der Waals surface area contributed by atoms with E-state index in [1.807, 2.05) is 6.92 Å². The first-order chi connectivity index (χ1) is 14.4. The molecule has 12 heteroatoms. The number of rotatable bonds is 6. The van der Waals surface area contributed by atoms with Gasteiger partial charge < -0.3 is 10.6 Å². The molecule has 3 heterocycles. The number of hydrogen-bond donors (Lipinski definition) is 3. The van der Waals surface area contributed by atoms with Crippen molar-refractivity contribution in [3.8, 4) is 5.69 Å². The van der Waals surface area contributed by atoms with Crippen molar-refractivity contribution in [2.45, 2.75) is 19.0 Å². The van der Waals surface area contributed by atoms with Crippen LogP contribution < -0.4 is 16.0 Å². The van der Waals surface area contributed by atoms with E-state index >= 15 is 0 Å². The summed E-state index contributed by atoms with van der Waals surface area (Å²) in [5.41, 5.74) is -0.611. The summed E-state index contributed by atoms with van der Waals surface area (Å²) in [6, 6.07) is 6.37. The molecule has 0 bridgehead atoms. The summed E-state index contributed by atoms with van der Waals surface area (Å²) in [5, 5.41) is 19.6. The van der Waals surface area contributed by atoms with Gasteiger partial charge in [0.1, 0.15) is 5.82 Å². The van der Waals surface area contributed by atoms with Crippen LogP contribution >= 0.6 is 0 Å². The maximum atomic E-state index is 13.1. The number of nitrogens with one attached hydrogen (secondary N) is 3. The zero-order valence-corrected chi connectivity index (χ0v) is 15.8. The van der Waals surface area contributed by atoms with Crippen molar-refractivity contribution in [3.63, 3.8) is 0 Å². The second kappa shape index (κ2) is 7.39. The van der Waals surface area contributed by atoms with Crippen molar-refractivity contribution in [1.29, 1.82) is 0 Å². The Balaban J connectivity index is 1.55. The smallest absolute Gasteiger partial charge is 0.322 e. The average Bonchev–Trinajstić information content (AvgIpc) is 3.46. The minimum atomic E-state index is -1.51. The number of amides is 4. The Bertz CT molecular complexity index is 1120. The Morgan fingerprint density at radius 2 is 1.97 bits per heavy atom. The molecule has 0 saturated carbocycles. The van der Waals surface area contributed by atoms with E-state index in [0.29, 0.717) is 17.9 Å². The lowest BCUT2D eigenvalue weighted by Gasteiger charge is -2.26. The van der Waals surface area contributed by atoms with Gasteiger partial charge in [0.2, 0.25) is 0 Å². The number of carbonyl (C=O) groups excluding carboxylic acids is 3. The summed E-state index contributed by atoms with van der Waals surface area (Å²) in [4.78, 5) is 38.2. The molecule has 0 spiro atoms. The molecule has 2 aromatic heterocycles. The zero-order chi connectivity index (χ0) is 21.3. The molecular weight excluding hydrogens is 395 g/mol. The molecule has 0 radical (unpaired) electrons. The van der Waals surface area contributed by atoms with Crippen molar-refractivity contribution in [2.24, 2.45) is 0 Å². The van der Waals surface area contributed by atoms with Crippen LogP contribution in [0.25, 0.3) is 5.69 Å². The Morgan fingerprint density at radius 3 is 2.63 bits per heavy atom. The van der Waals surface area contributed by atoms with E-state index in [1.165, 1.54) is 41.5 Å². The monoisotopic (exact) mass is 412 g/mol. The molecule has 1 atom stereocenters. The second-order valence-electron chi connectivity index (χ2n) is 6.52. The van der Waals surface area contributed by atoms with Gasteiger partial charge in [0.05, 0.1) is 24.1 Å². The second-order valence-corrected chi connectivity index (χ2v) is 6.52. The summed E-state index contributed by atoms with van der Waals surface area (Å²) in [7, 11) is 0. The van der Waals surface area contributed by atoms with Crippen LogP contribution in [0.5, 0.6) is 0 Å². The number of halogens is 1. The summed E-state index contributed by atoms with van der Waals surface area (Å²) < 4.78 is 14.6. The van der Waals surface area contributed by atoms with Gasteiger partial charge in [0.25, 0.3) is 11.8 Å². The standard InChI is InChI=1S/C18H17FN8O3/c1-2-26-14(7-8-21-26)18(16(29)23-17(30)24-18)10-20-15(28)13-9-22-27(25-13)12-5-3-11(19)4-6-12/h3-9H,2,10H2,1H3,(H,20,28)(H2,23,24,29,30)/t18-/m1/s1. The molecule has 1 fully saturated rings. The molecule has 1 saturated heterocycles. The number of urea groups is 1. The Kier molecular flexibility index (Phi) is 4.74. The van der Waals surface area contributed by atoms with Gasteiger partial charge in [-0.25, -0.2) is 9.18 Å². The third kappa shape index (κ3) is 3.27. The fourth-order valence-electron chi connectivity index (χ4n) is 3.20. The van der Waals surface area contributed by atoms with Crippen molar-refractivity contribution in [1.82, 2.24) is 40.7 Å². The summed E-state index contributed by atoms with van der Waals surface area (Å²) in [5.74, 6) is -1.60. The summed E-state index contributed by atoms with van der Waals surface area (Å²) >= 11 is 0. The quantitative estimate of drug-likeness (QED) is 0.491. The van der Waals surface area contributed by atoms with Gasteiger partial charge in [0, 0.05) is 12.7 Å². The minimum Gasteiger partial charge on any atom is -0.347 e. The van der Waals surface area contributed by atoms with Crippen LogP contribution in [0, 0.1) is 5.82 Å².